The van der Waals surface area contributed by atoms with Crippen molar-refractivity contribution in [1.82, 2.24) is 39.4 Å². The lowest BCUT2D eigenvalue weighted by Crippen LogP contribution is -2.43. The van der Waals surface area contributed by atoms with Crippen LogP contribution < -0.4 is 10.9 Å². The molecule has 0 saturated heterocycles. The SMILES string of the molecule is CN(C)C(=O)NCc1cc(=O)n2c(n1)CN(C(=O)c1ncn(C)n1)CC2. The first-order valence-corrected chi connectivity index (χ1v) is 8.05. The third-order valence-corrected chi connectivity index (χ3v) is 3.97. The van der Waals surface area contributed by atoms with Crippen LogP contribution in [0.1, 0.15) is 22.1 Å². The van der Waals surface area contributed by atoms with Gasteiger partial charge in [-0.15, -0.1) is 5.10 Å². The Balaban J connectivity index is 1.77. The Morgan fingerprint density at radius 1 is 1.31 bits per heavy atom. The van der Waals surface area contributed by atoms with E-state index >= 15 is 0 Å². The molecule has 0 bridgehead atoms. The molecule has 0 aromatic carbocycles. The van der Waals surface area contributed by atoms with Crippen molar-refractivity contribution >= 4 is 11.9 Å². The lowest BCUT2D eigenvalue weighted by molar-refractivity contribution is 0.0690. The van der Waals surface area contributed by atoms with E-state index in [2.05, 4.69) is 20.4 Å². The van der Waals surface area contributed by atoms with Crippen LogP contribution in [-0.2, 0) is 26.7 Å². The van der Waals surface area contributed by atoms with Gasteiger partial charge < -0.3 is 15.1 Å². The van der Waals surface area contributed by atoms with Crippen LogP contribution in [0.4, 0.5) is 4.79 Å². The molecule has 0 spiro atoms. The monoisotopic (exact) mass is 360 g/mol. The summed E-state index contributed by atoms with van der Waals surface area (Å²) in [6.07, 6.45) is 1.46. The maximum absolute atomic E-state index is 12.5. The molecule has 0 unspecified atom stereocenters. The lowest BCUT2D eigenvalue weighted by atomic mass is 10.3. The van der Waals surface area contributed by atoms with Crippen LogP contribution >= 0.6 is 0 Å². The maximum Gasteiger partial charge on any atom is 0.317 e. The minimum Gasteiger partial charge on any atom is -0.332 e. The third-order valence-electron chi connectivity index (χ3n) is 3.97. The molecule has 3 rings (SSSR count). The van der Waals surface area contributed by atoms with Gasteiger partial charge in [0.15, 0.2) is 0 Å². The molecule has 138 valence electrons. The summed E-state index contributed by atoms with van der Waals surface area (Å²) in [4.78, 5) is 47.7. The minimum absolute atomic E-state index is 0.109. The van der Waals surface area contributed by atoms with E-state index in [9.17, 15) is 14.4 Å². The highest BCUT2D eigenvalue weighted by atomic mass is 16.2. The fraction of sp³-hybridized carbons (Fsp3) is 0.467. The van der Waals surface area contributed by atoms with Gasteiger partial charge in [-0.05, 0) is 0 Å². The summed E-state index contributed by atoms with van der Waals surface area (Å²) in [5, 5.41) is 6.68. The molecule has 0 radical (unpaired) electrons. The molecule has 2 aromatic heterocycles. The van der Waals surface area contributed by atoms with E-state index < -0.39 is 0 Å². The number of carbonyl (C=O) groups excluding carboxylic acids is 2. The average molecular weight is 360 g/mol. The fourth-order valence-corrected chi connectivity index (χ4v) is 2.60. The number of aryl methyl sites for hydroxylation is 1. The molecule has 1 N–H and O–H groups in total. The molecule has 1 aliphatic rings. The average Bonchev–Trinajstić information content (AvgIpc) is 3.04. The van der Waals surface area contributed by atoms with Crippen molar-refractivity contribution < 1.29 is 9.59 Å². The van der Waals surface area contributed by atoms with Crippen molar-refractivity contribution in [2.75, 3.05) is 20.6 Å². The van der Waals surface area contributed by atoms with Crippen LogP contribution in [0, 0.1) is 0 Å². The number of carbonyl (C=O) groups is 2. The number of amides is 3. The number of fused-ring (bicyclic) bond motifs is 1. The fourth-order valence-electron chi connectivity index (χ4n) is 2.60. The molecule has 1 aliphatic heterocycles. The van der Waals surface area contributed by atoms with Crippen molar-refractivity contribution in [2.45, 2.75) is 19.6 Å². The standard InChI is InChI=1S/C15H20N8O3/c1-20(2)15(26)16-7-10-6-12(24)23-5-4-22(8-11(23)18-10)14(25)13-17-9-21(3)19-13/h6,9H,4-5,7-8H2,1-3H3,(H,16,26). The van der Waals surface area contributed by atoms with Crippen molar-refractivity contribution in [3.05, 3.63) is 40.1 Å². The van der Waals surface area contributed by atoms with Crippen molar-refractivity contribution in [3.8, 4) is 0 Å². The number of hydrogen-bond acceptors (Lipinski definition) is 6. The van der Waals surface area contributed by atoms with E-state index in [4.69, 9.17) is 0 Å². The lowest BCUT2D eigenvalue weighted by Gasteiger charge is -2.28. The van der Waals surface area contributed by atoms with Gasteiger partial charge in [-0.1, -0.05) is 0 Å². The van der Waals surface area contributed by atoms with Gasteiger partial charge in [0.25, 0.3) is 11.5 Å². The second kappa shape index (κ2) is 6.94. The van der Waals surface area contributed by atoms with Gasteiger partial charge in [0.2, 0.25) is 5.82 Å². The van der Waals surface area contributed by atoms with E-state index in [1.54, 1.807) is 26.0 Å². The Morgan fingerprint density at radius 3 is 2.73 bits per heavy atom. The van der Waals surface area contributed by atoms with Gasteiger partial charge >= 0.3 is 6.03 Å². The van der Waals surface area contributed by atoms with Crippen LogP contribution in [0.3, 0.4) is 0 Å². The molecule has 11 nitrogen and oxygen atoms in total. The number of nitrogens with one attached hydrogen (secondary N) is 1. The highest BCUT2D eigenvalue weighted by Gasteiger charge is 2.26. The van der Waals surface area contributed by atoms with Crippen LogP contribution in [-0.4, -0.2) is 66.7 Å². The van der Waals surface area contributed by atoms with Gasteiger partial charge in [0.1, 0.15) is 12.2 Å². The quantitative estimate of drug-likeness (QED) is 0.734. The maximum atomic E-state index is 12.5. The predicted molar refractivity (Wildman–Crippen MR) is 90.2 cm³/mol. The van der Waals surface area contributed by atoms with Gasteiger partial charge in [-0.3, -0.25) is 18.8 Å². The predicted octanol–water partition coefficient (Wildman–Crippen LogP) is -1.20. The zero-order chi connectivity index (χ0) is 18.8. The van der Waals surface area contributed by atoms with E-state index in [-0.39, 0.29) is 36.4 Å². The Labute approximate surface area is 149 Å². The summed E-state index contributed by atoms with van der Waals surface area (Å²) in [6, 6.07) is 1.12. The van der Waals surface area contributed by atoms with Crippen LogP contribution in [0.25, 0.3) is 0 Å². The smallest absolute Gasteiger partial charge is 0.317 e. The van der Waals surface area contributed by atoms with Crippen molar-refractivity contribution in [3.63, 3.8) is 0 Å². The molecule has 0 saturated carbocycles. The van der Waals surface area contributed by atoms with Crippen molar-refractivity contribution in [1.29, 1.82) is 0 Å². The van der Waals surface area contributed by atoms with E-state index in [1.165, 1.54) is 26.5 Å². The molecule has 3 heterocycles. The third kappa shape index (κ3) is 3.55. The topological polar surface area (TPSA) is 118 Å². The van der Waals surface area contributed by atoms with Crippen LogP contribution in [0.2, 0.25) is 0 Å². The molecular weight excluding hydrogens is 340 g/mol. The van der Waals surface area contributed by atoms with Gasteiger partial charge in [-0.25, -0.2) is 14.8 Å². The molecule has 3 amide bonds. The van der Waals surface area contributed by atoms with E-state index in [1.807, 2.05) is 0 Å². The largest absolute Gasteiger partial charge is 0.332 e. The first kappa shape index (κ1) is 17.6. The Bertz CT molecular complexity index is 901. The summed E-state index contributed by atoms with van der Waals surface area (Å²) in [5.74, 6) is 0.275. The number of rotatable bonds is 3. The molecule has 0 atom stereocenters. The molecule has 2 aromatic rings. The summed E-state index contributed by atoms with van der Waals surface area (Å²) in [6.45, 7) is 1.05. The molecular formula is C15H20N8O3. The summed E-state index contributed by atoms with van der Waals surface area (Å²) in [7, 11) is 4.93. The minimum atomic E-state index is -0.308. The Kier molecular flexibility index (Phi) is 4.69. The second-order valence-electron chi connectivity index (χ2n) is 6.18. The van der Waals surface area contributed by atoms with Gasteiger partial charge in [-0.2, -0.15) is 0 Å². The van der Waals surface area contributed by atoms with E-state index in [0.717, 1.165) is 0 Å². The number of aromatic nitrogens is 5. The van der Waals surface area contributed by atoms with E-state index in [0.29, 0.717) is 24.6 Å². The summed E-state index contributed by atoms with van der Waals surface area (Å²) in [5.41, 5.74) is 0.244. The number of nitrogens with zero attached hydrogens (tertiary/aromatic N) is 7. The molecule has 0 fully saturated rings. The molecule has 0 aliphatic carbocycles. The number of urea groups is 1. The molecule has 26 heavy (non-hydrogen) atoms. The Morgan fingerprint density at radius 2 is 2.08 bits per heavy atom. The summed E-state index contributed by atoms with van der Waals surface area (Å²) < 4.78 is 2.99. The summed E-state index contributed by atoms with van der Waals surface area (Å²) >= 11 is 0. The van der Waals surface area contributed by atoms with Crippen LogP contribution in [0.5, 0.6) is 0 Å². The molecule has 11 heteroatoms. The first-order chi connectivity index (χ1) is 12.3. The van der Waals surface area contributed by atoms with Gasteiger partial charge in [0, 0.05) is 40.3 Å². The van der Waals surface area contributed by atoms with Crippen LogP contribution in [0.15, 0.2) is 17.2 Å². The van der Waals surface area contributed by atoms with Gasteiger partial charge in [0.05, 0.1) is 18.8 Å². The second-order valence-corrected chi connectivity index (χ2v) is 6.18. The Hall–Kier alpha value is -3.24. The van der Waals surface area contributed by atoms with Crippen molar-refractivity contribution in [2.24, 2.45) is 7.05 Å². The zero-order valence-corrected chi connectivity index (χ0v) is 14.8. The zero-order valence-electron chi connectivity index (χ0n) is 14.8. The number of hydrogen-bond donors (Lipinski definition) is 1. The first-order valence-electron chi connectivity index (χ1n) is 8.05. The highest BCUT2D eigenvalue weighted by molar-refractivity contribution is 5.90. The highest BCUT2D eigenvalue weighted by Crippen LogP contribution is 2.11. The normalized spacial score (nSPS) is 13.3.